The lowest BCUT2D eigenvalue weighted by Gasteiger charge is -2.22. The minimum Gasteiger partial charge on any atom is -0.495 e. The Kier molecular flexibility index (Phi) is 6.00. The van der Waals surface area contributed by atoms with Gasteiger partial charge in [-0.05, 0) is 31.0 Å². The molecule has 0 radical (unpaired) electrons. The first-order chi connectivity index (χ1) is 12.7. The maximum absolute atomic E-state index is 5.49. The largest absolute Gasteiger partial charge is 0.495 e. The highest BCUT2D eigenvalue weighted by Gasteiger charge is 2.25. The molecule has 1 fully saturated rings. The molecule has 2 aromatic rings. The molecular formula is C21H28N4O. The van der Waals surface area contributed by atoms with Crippen molar-refractivity contribution in [2.75, 3.05) is 32.1 Å². The SMILES string of the molecule is CN=C(NCc1ccc(C)cc1)NC1CCN(c2ccccc2OC)C1. The number of anilines is 1. The molecule has 26 heavy (non-hydrogen) atoms. The Balaban J connectivity index is 1.54. The molecule has 5 heteroatoms. The summed E-state index contributed by atoms with van der Waals surface area (Å²) in [7, 11) is 3.54. The molecule has 138 valence electrons. The number of nitrogens with one attached hydrogen (secondary N) is 2. The summed E-state index contributed by atoms with van der Waals surface area (Å²) < 4.78 is 5.49. The molecule has 1 aliphatic heterocycles. The minimum atomic E-state index is 0.365. The third kappa shape index (κ3) is 4.48. The fourth-order valence-electron chi connectivity index (χ4n) is 3.27. The van der Waals surface area contributed by atoms with Crippen LogP contribution in [0.3, 0.4) is 0 Å². The zero-order chi connectivity index (χ0) is 18.4. The molecule has 1 saturated heterocycles. The van der Waals surface area contributed by atoms with Crippen LogP contribution >= 0.6 is 0 Å². The quantitative estimate of drug-likeness (QED) is 0.642. The van der Waals surface area contributed by atoms with Crippen LogP contribution in [0.4, 0.5) is 5.69 Å². The smallest absolute Gasteiger partial charge is 0.191 e. The van der Waals surface area contributed by atoms with Crippen molar-refractivity contribution in [3.63, 3.8) is 0 Å². The third-order valence-electron chi connectivity index (χ3n) is 4.76. The maximum atomic E-state index is 5.49. The van der Waals surface area contributed by atoms with Gasteiger partial charge in [0.1, 0.15) is 5.75 Å². The van der Waals surface area contributed by atoms with Gasteiger partial charge in [0.2, 0.25) is 0 Å². The molecule has 1 heterocycles. The summed E-state index contributed by atoms with van der Waals surface area (Å²) in [4.78, 5) is 6.73. The van der Waals surface area contributed by atoms with Crippen molar-refractivity contribution in [3.05, 3.63) is 59.7 Å². The van der Waals surface area contributed by atoms with Gasteiger partial charge in [-0.15, -0.1) is 0 Å². The number of methoxy groups -OCH3 is 1. The van der Waals surface area contributed by atoms with Crippen molar-refractivity contribution in [2.45, 2.75) is 25.9 Å². The van der Waals surface area contributed by atoms with Gasteiger partial charge in [-0.2, -0.15) is 0 Å². The molecule has 0 bridgehead atoms. The number of nitrogens with zero attached hydrogens (tertiary/aromatic N) is 2. The standard InChI is InChI=1S/C21H28N4O/c1-16-8-10-17(11-9-16)14-23-21(22-2)24-18-12-13-25(15-18)19-6-4-5-7-20(19)26-3/h4-11,18H,12-15H2,1-3H3,(H2,22,23,24). The molecule has 2 N–H and O–H groups in total. The number of ether oxygens (including phenoxy) is 1. The first kappa shape index (κ1) is 18.1. The first-order valence-corrected chi connectivity index (χ1v) is 9.10. The predicted molar refractivity (Wildman–Crippen MR) is 108 cm³/mol. The molecule has 3 rings (SSSR count). The number of aryl methyl sites for hydroxylation is 1. The van der Waals surface area contributed by atoms with Gasteiger partial charge in [0.25, 0.3) is 0 Å². The van der Waals surface area contributed by atoms with E-state index in [0.29, 0.717) is 6.04 Å². The average molecular weight is 352 g/mol. The summed E-state index contributed by atoms with van der Waals surface area (Å²) in [6, 6.07) is 17.1. The highest BCUT2D eigenvalue weighted by molar-refractivity contribution is 5.80. The van der Waals surface area contributed by atoms with E-state index in [0.717, 1.165) is 43.5 Å². The monoisotopic (exact) mass is 352 g/mol. The number of hydrogen-bond donors (Lipinski definition) is 2. The number of rotatable bonds is 5. The Labute approximate surface area is 156 Å². The molecular weight excluding hydrogens is 324 g/mol. The molecule has 0 amide bonds. The van der Waals surface area contributed by atoms with Crippen LogP contribution in [0.2, 0.25) is 0 Å². The molecule has 5 nitrogen and oxygen atoms in total. The number of benzene rings is 2. The Bertz CT molecular complexity index is 742. The average Bonchev–Trinajstić information content (AvgIpc) is 3.14. The number of aliphatic imine (C=N–C) groups is 1. The van der Waals surface area contributed by atoms with Crippen LogP contribution in [0.5, 0.6) is 5.75 Å². The van der Waals surface area contributed by atoms with Crippen LogP contribution in [-0.4, -0.2) is 39.2 Å². The highest BCUT2D eigenvalue weighted by Crippen LogP contribution is 2.30. The van der Waals surface area contributed by atoms with E-state index in [2.05, 4.69) is 63.8 Å². The zero-order valence-electron chi connectivity index (χ0n) is 15.8. The van der Waals surface area contributed by atoms with E-state index in [1.165, 1.54) is 11.1 Å². The van der Waals surface area contributed by atoms with Crippen molar-refractivity contribution in [2.24, 2.45) is 4.99 Å². The molecule has 2 aromatic carbocycles. The van der Waals surface area contributed by atoms with Crippen LogP contribution in [-0.2, 0) is 6.54 Å². The van der Waals surface area contributed by atoms with E-state index in [-0.39, 0.29) is 0 Å². The fraction of sp³-hybridized carbons (Fsp3) is 0.381. The van der Waals surface area contributed by atoms with Crippen molar-refractivity contribution in [3.8, 4) is 5.75 Å². The lowest BCUT2D eigenvalue weighted by Crippen LogP contribution is -2.44. The van der Waals surface area contributed by atoms with Gasteiger partial charge >= 0.3 is 0 Å². The zero-order valence-corrected chi connectivity index (χ0v) is 15.8. The van der Waals surface area contributed by atoms with Crippen LogP contribution in [0.25, 0.3) is 0 Å². The fourth-order valence-corrected chi connectivity index (χ4v) is 3.27. The Hall–Kier alpha value is -2.69. The van der Waals surface area contributed by atoms with E-state index in [4.69, 9.17) is 4.74 Å². The van der Waals surface area contributed by atoms with E-state index in [9.17, 15) is 0 Å². The lowest BCUT2D eigenvalue weighted by atomic mass is 10.1. The van der Waals surface area contributed by atoms with Crippen molar-refractivity contribution in [1.29, 1.82) is 0 Å². The number of guanidine groups is 1. The number of para-hydroxylation sites is 2. The van der Waals surface area contributed by atoms with Gasteiger partial charge in [0.15, 0.2) is 5.96 Å². The van der Waals surface area contributed by atoms with Crippen LogP contribution < -0.4 is 20.3 Å². The Morgan fingerprint density at radius 2 is 1.96 bits per heavy atom. The highest BCUT2D eigenvalue weighted by atomic mass is 16.5. The minimum absolute atomic E-state index is 0.365. The summed E-state index contributed by atoms with van der Waals surface area (Å²) in [6.45, 7) is 4.81. The summed E-state index contributed by atoms with van der Waals surface area (Å²) >= 11 is 0. The molecule has 0 aliphatic carbocycles. The van der Waals surface area contributed by atoms with E-state index in [1.807, 2.05) is 19.2 Å². The van der Waals surface area contributed by atoms with Gasteiger partial charge < -0.3 is 20.3 Å². The summed E-state index contributed by atoms with van der Waals surface area (Å²) in [5.74, 6) is 1.77. The predicted octanol–water partition coefficient (Wildman–Crippen LogP) is 2.95. The third-order valence-corrected chi connectivity index (χ3v) is 4.76. The second kappa shape index (κ2) is 8.61. The Morgan fingerprint density at radius 1 is 1.19 bits per heavy atom. The van der Waals surface area contributed by atoms with Crippen LogP contribution in [0.15, 0.2) is 53.5 Å². The summed E-state index contributed by atoms with van der Waals surface area (Å²) in [5, 5.41) is 6.95. The molecule has 0 spiro atoms. The summed E-state index contributed by atoms with van der Waals surface area (Å²) in [6.07, 6.45) is 1.07. The topological polar surface area (TPSA) is 48.9 Å². The summed E-state index contributed by atoms with van der Waals surface area (Å²) in [5.41, 5.74) is 3.68. The van der Waals surface area contributed by atoms with Gasteiger partial charge in [-0.3, -0.25) is 4.99 Å². The van der Waals surface area contributed by atoms with Crippen molar-refractivity contribution in [1.82, 2.24) is 10.6 Å². The van der Waals surface area contributed by atoms with Crippen molar-refractivity contribution < 1.29 is 4.74 Å². The Morgan fingerprint density at radius 3 is 2.69 bits per heavy atom. The second-order valence-corrected chi connectivity index (χ2v) is 6.66. The molecule has 1 atom stereocenters. The van der Waals surface area contributed by atoms with Gasteiger partial charge in [0.05, 0.1) is 12.8 Å². The second-order valence-electron chi connectivity index (χ2n) is 6.66. The molecule has 0 saturated carbocycles. The van der Waals surface area contributed by atoms with Crippen LogP contribution in [0.1, 0.15) is 17.5 Å². The molecule has 1 aliphatic rings. The first-order valence-electron chi connectivity index (χ1n) is 9.10. The molecule has 0 aromatic heterocycles. The van der Waals surface area contributed by atoms with E-state index >= 15 is 0 Å². The van der Waals surface area contributed by atoms with Gasteiger partial charge in [0, 0.05) is 32.7 Å². The van der Waals surface area contributed by atoms with Gasteiger partial charge in [-0.1, -0.05) is 42.0 Å². The number of hydrogen-bond acceptors (Lipinski definition) is 3. The van der Waals surface area contributed by atoms with Crippen LogP contribution in [0, 0.1) is 6.92 Å². The molecule has 1 unspecified atom stereocenters. The van der Waals surface area contributed by atoms with Crippen molar-refractivity contribution >= 4 is 11.6 Å². The van der Waals surface area contributed by atoms with E-state index < -0.39 is 0 Å². The lowest BCUT2D eigenvalue weighted by molar-refractivity contribution is 0.415. The van der Waals surface area contributed by atoms with Gasteiger partial charge in [-0.25, -0.2) is 0 Å². The van der Waals surface area contributed by atoms with E-state index in [1.54, 1.807) is 7.11 Å². The normalized spacial score (nSPS) is 17.3. The maximum Gasteiger partial charge on any atom is 0.191 e.